The maximum atomic E-state index is 14.4. The van der Waals surface area contributed by atoms with Gasteiger partial charge in [0.05, 0.1) is 41.0 Å². The van der Waals surface area contributed by atoms with Crippen molar-refractivity contribution in [3.8, 4) is 17.2 Å². The lowest BCUT2D eigenvalue weighted by Crippen LogP contribution is -2.46. The van der Waals surface area contributed by atoms with E-state index in [1.54, 1.807) is 65.8 Å². The molecule has 2 aromatic carbocycles. The van der Waals surface area contributed by atoms with E-state index in [0.29, 0.717) is 5.95 Å². The topological polar surface area (TPSA) is 213 Å². The normalized spacial score (nSPS) is 31.4. The van der Waals surface area contributed by atoms with Gasteiger partial charge in [-0.1, -0.05) is 45.9 Å². The number of allylic oxidation sites excluding steroid dienone is 2. The van der Waals surface area contributed by atoms with E-state index in [-0.39, 0.29) is 49.9 Å². The molecule has 15 nitrogen and oxygen atoms in total. The maximum absolute atomic E-state index is 14.4. The number of hydrogen-bond donors (Lipinski definition) is 6. The van der Waals surface area contributed by atoms with Crippen LogP contribution in [0.2, 0.25) is 0 Å². The molecule has 9 atom stereocenters. The van der Waals surface area contributed by atoms with Gasteiger partial charge < -0.3 is 54.6 Å². The quantitative estimate of drug-likeness (QED) is 0.153. The Morgan fingerprint density at radius 3 is 2.27 bits per heavy atom. The molecule has 6 N–H and O–H groups in total. The van der Waals surface area contributed by atoms with Crippen LogP contribution in [-0.4, -0.2) is 99.5 Å². The summed E-state index contributed by atoms with van der Waals surface area (Å²) in [6, 6.07) is 0. The molecule has 4 bridgehead atoms. The van der Waals surface area contributed by atoms with Crippen LogP contribution in [0.4, 0.5) is 11.6 Å². The molecule has 1 aromatic heterocycles. The molecule has 0 saturated heterocycles. The van der Waals surface area contributed by atoms with E-state index in [9.17, 15) is 34.8 Å². The number of H-pyrrole nitrogens is 1. The van der Waals surface area contributed by atoms with Gasteiger partial charge in [0.15, 0.2) is 5.75 Å². The van der Waals surface area contributed by atoms with Crippen molar-refractivity contribution in [3.05, 3.63) is 47.3 Å². The first-order chi connectivity index (χ1) is 25.7. The molecule has 3 heterocycles. The largest absolute Gasteiger partial charge is 0.507 e. The Balaban J connectivity index is 1.73. The average Bonchev–Trinajstić information content (AvgIpc) is 3.70. The summed E-state index contributed by atoms with van der Waals surface area (Å²) in [5.41, 5.74) is 0.662. The van der Waals surface area contributed by atoms with Crippen LogP contribution in [0.3, 0.4) is 0 Å². The number of ketones is 1. The van der Waals surface area contributed by atoms with E-state index in [4.69, 9.17) is 23.9 Å². The number of phenols is 2. The van der Waals surface area contributed by atoms with Crippen LogP contribution < -0.4 is 15.0 Å². The van der Waals surface area contributed by atoms with Gasteiger partial charge in [0.25, 0.3) is 11.7 Å². The number of rotatable bonds is 3. The monoisotopic (exact) mass is 764 g/mol. The van der Waals surface area contributed by atoms with Gasteiger partial charge in [-0.05, 0) is 19.9 Å². The van der Waals surface area contributed by atoms with Gasteiger partial charge in [-0.15, -0.1) is 0 Å². The van der Waals surface area contributed by atoms with Gasteiger partial charge in [0.1, 0.15) is 28.8 Å². The number of anilines is 2. The molecule has 3 aromatic rings. The van der Waals surface area contributed by atoms with Crippen LogP contribution in [0.15, 0.2) is 36.1 Å². The van der Waals surface area contributed by atoms with E-state index < -0.39 is 83.0 Å². The predicted octanol–water partition coefficient (Wildman–Crippen LogP) is 4.99. The second kappa shape index (κ2) is 15.6. The number of carbonyl (C=O) groups excluding carboxylic acids is 3. The van der Waals surface area contributed by atoms with Gasteiger partial charge in [0, 0.05) is 75.2 Å². The number of fused-ring (bicyclic) bond motifs is 1. The highest BCUT2D eigenvalue weighted by molar-refractivity contribution is 6.28. The van der Waals surface area contributed by atoms with Crippen LogP contribution in [0.25, 0.3) is 21.8 Å². The number of ether oxygens (including phenoxy) is 4. The van der Waals surface area contributed by atoms with Crippen molar-refractivity contribution in [2.75, 3.05) is 31.4 Å². The average molecular weight is 765 g/mol. The fourth-order valence-corrected chi connectivity index (χ4v) is 7.41. The number of amides is 1. The van der Waals surface area contributed by atoms with Crippen LogP contribution in [-0.2, 0) is 23.8 Å². The molecular weight excluding hydrogens is 712 g/mol. The third kappa shape index (κ3) is 7.35. The summed E-state index contributed by atoms with van der Waals surface area (Å²) >= 11 is 0. The van der Waals surface area contributed by atoms with Crippen molar-refractivity contribution >= 4 is 51.1 Å². The Kier molecular flexibility index (Phi) is 11.6. The number of hydrogen-bond acceptors (Lipinski definition) is 13. The third-order valence-electron chi connectivity index (χ3n) is 10.9. The smallest absolute Gasteiger partial charge is 0.312 e. The molecule has 15 heteroatoms. The molecule has 5 rings (SSSR count). The van der Waals surface area contributed by atoms with Crippen LogP contribution in [0.5, 0.6) is 17.2 Å². The number of aromatic hydroxyl groups is 2. The molecule has 2 aliphatic heterocycles. The number of nitrogens with one attached hydrogen (secondary N) is 2. The molecule has 2 aliphatic rings. The standard InChI is InChI=1S/C40H52N4O11/c1-17-13-12-14-18(2)38(51)41-30-29-28(42-39(43-29)44(9)10)25-26(34(30)49)33(48)22(6)36-27(25)37(50)40(8,55-36)53-16-15-24(52-11)19(3)35(54-23(7)45)21(5)32(47)20(4)31(17)46/h12-17,19-21,24,31-32,35,46-49H,1-11H3,(H,41,51)(H,42,43)/b13-12+,16-15+,18-14-/t17-,19+,20+,21+,24-,31-,32+,35+,40-/m0/s1. The molecule has 0 saturated carbocycles. The van der Waals surface area contributed by atoms with Crippen molar-refractivity contribution in [1.29, 1.82) is 0 Å². The number of aromatic amines is 1. The van der Waals surface area contributed by atoms with Crippen LogP contribution in [0, 0.1) is 30.6 Å². The number of methoxy groups -OCH3 is 1. The fraction of sp³-hybridized carbons (Fsp3) is 0.500. The van der Waals surface area contributed by atoms with Gasteiger partial charge >= 0.3 is 11.8 Å². The van der Waals surface area contributed by atoms with Gasteiger partial charge in [0.2, 0.25) is 5.95 Å². The zero-order chi connectivity index (χ0) is 40.8. The number of carbonyl (C=O) groups is 3. The summed E-state index contributed by atoms with van der Waals surface area (Å²) < 4.78 is 23.7. The highest BCUT2D eigenvalue weighted by Gasteiger charge is 2.49. The SMILES string of the molecule is CO[C@H]1/C=C/O[C@@]2(C)Oc3c(C)c(O)c4c(O)c(c5[nH]c(N(C)C)nc5c4c3C2=O)NC(=O)/C(C)=C\C=C\[C@H](C)[C@H](O)[C@@H](C)[C@@H](O)[C@@H](C)[C@H](OC(C)=O)[C@@H]1C. The Labute approximate surface area is 319 Å². The fourth-order valence-electron chi connectivity index (χ4n) is 7.41. The van der Waals surface area contributed by atoms with E-state index in [2.05, 4.69) is 10.3 Å². The summed E-state index contributed by atoms with van der Waals surface area (Å²) in [6.45, 7) is 12.7. The molecule has 0 aliphatic carbocycles. The lowest BCUT2D eigenvalue weighted by atomic mass is 9.78. The Bertz CT molecular complexity index is 2100. The predicted molar refractivity (Wildman–Crippen MR) is 206 cm³/mol. The van der Waals surface area contributed by atoms with Crippen LogP contribution >= 0.6 is 0 Å². The summed E-state index contributed by atoms with van der Waals surface area (Å²) in [4.78, 5) is 49.8. The number of aliphatic hydroxyl groups is 2. The summed E-state index contributed by atoms with van der Waals surface area (Å²) in [5.74, 6) is -6.66. The number of benzene rings is 2. The second-order valence-electron chi connectivity index (χ2n) is 15.0. The number of aliphatic hydroxyl groups excluding tert-OH is 2. The lowest BCUT2D eigenvalue weighted by molar-refractivity contribution is -0.160. The first kappa shape index (κ1) is 41.1. The highest BCUT2D eigenvalue weighted by Crippen LogP contribution is 2.54. The minimum Gasteiger partial charge on any atom is -0.507 e. The molecule has 298 valence electrons. The zero-order valence-corrected chi connectivity index (χ0v) is 33.0. The number of imidazole rings is 1. The summed E-state index contributed by atoms with van der Waals surface area (Å²) in [6.07, 6.45) is 3.85. The highest BCUT2D eigenvalue weighted by atomic mass is 16.7. The second-order valence-corrected chi connectivity index (χ2v) is 15.0. The molecule has 0 fully saturated rings. The van der Waals surface area contributed by atoms with Crippen molar-refractivity contribution in [1.82, 2.24) is 9.97 Å². The Morgan fingerprint density at radius 1 is 0.982 bits per heavy atom. The van der Waals surface area contributed by atoms with Gasteiger partial charge in [-0.2, -0.15) is 0 Å². The number of aromatic nitrogens is 2. The van der Waals surface area contributed by atoms with Gasteiger partial charge in [-0.3, -0.25) is 14.4 Å². The molecule has 1 amide bonds. The Morgan fingerprint density at radius 2 is 1.65 bits per heavy atom. The molecule has 55 heavy (non-hydrogen) atoms. The number of esters is 1. The minimum absolute atomic E-state index is 0.00618. The number of nitrogens with zero attached hydrogens (tertiary/aromatic N) is 2. The van der Waals surface area contributed by atoms with Crippen molar-refractivity contribution < 1.29 is 53.8 Å². The van der Waals surface area contributed by atoms with Crippen LogP contribution in [0.1, 0.15) is 64.4 Å². The third-order valence-corrected chi connectivity index (χ3v) is 10.9. The molecule has 0 radical (unpaired) electrons. The Hall–Kier alpha value is -5.12. The number of phenolic OH excluding ortho intramolecular Hbond substituents is 2. The van der Waals surface area contributed by atoms with E-state index in [0.717, 1.165) is 0 Å². The molecular formula is C40H52N4O11. The lowest BCUT2D eigenvalue weighted by Gasteiger charge is -2.38. The first-order valence-electron chi connectivity index (χ1n) is 18.2. The van der Waals surface area contributed by atoms with Crippen molar-refractivity contribution in [2.24, 2.45) is 23.7 Å². The summed E-state index contributed by atoms with van der Waals surface area (Å²) in [7, 11) is 4.92. The number of Topliss-reactive ketones (excluding diaryl/α,β-unsaturated/α-hetero) is 1. The first-order valence-corrected chi connectivity index (χ1v) is 18.2. The molecule has 0 spiro atoms. The molecule has 0 unspecified atom stereocenters. The maximum Gasteiger partial charge on any atom is 0.312 e. The van der Waals surface area contributed by atoms with E-state index in [1.807, 2.05) is 0 Å². The van der Waals surface area contributed by atoms with E-state index >= 15 is 0 Å². The minimum atomic E-state index is -1.95. The van der Waals surface area contributed by atoms with E-state index in [1.165, 1.54) is 46.3 Å². The van der Waals surface area contributed by atoms with Gasteiger partial charge in [-0.25, -0.2) is 4.98 Å². The van der Waals surface area contributed by atoms with Crippen molar-refractivity contribution in [2.45, 2.75) is 85.6 Å². The zero-order valence-electron chi connectivity index (χ0n) is 33.0. The van der Waals surface area contributed by atoms with Crippen molar-refractivity contribution in [3.63, 3.8) is 0 Å². The summed E-state index contributed by atoms with van der Waals surface area (Å²) in [5, 5.41) is 48.9.